The van der Waals surface area contributed by atoms with Gasteiger partial charge in [-0.15, -0.1) is 0 Å². The standard InChI is InChI=1S/C10H16O3.C4H6O2/c1-8(9(11)12)7-10(2)5-3-4-6-13-10;1-3(2)4(5)6/h7H,3-6H2,1-2H3,(H,11,12);1H2,2H3,(H,5,6). The van der Waals surface area contributed by atoms with E-state index in [1.807, 2.05) is 6.92 Å². The van der Waals surface area contributed by atoms with Crippen molar-refractivity contribution in [2.45, 2.75) is 45.6 Å². The molecule has 1 rings (SSSR count). The highest BCUT2D eigenvalue weighted by Gasteiger charge is 2.26. The first kappa shape index (κ1) is 17.4. The number of aliphatic carboxylic acids is 2. The van der Waals surface area contributed by atoms with E-state index in [0.29, 0.717) is 5.57 Å². The van der Waals surface area contributed by atoms with Crippen molar-refractivity contribution in [2.75, 3.05) is 6.61 Å². The zero-order valence-electron chi connectivity index (χ0n) is 11.7. The lowest BCUT2D eigenvalue weighted by molar-refractivity contribution is -0.133. The first-order valence-corrected chi connectivity index (χ1v) is 6.13. The first-order chi connectivity index (χ1) is 8.68. The molecular weight excluding hydrogens is 248 g/mol. The van der Waals surface area contributed by atoms with Crippen molar-refractivity contribution in [1.29, 1.82) is 0 Å². The van der Waals surface area contributed by atoms with E-state index in [-0.39, 0.29) is 11.2 Å². The largest absolute Gasteiger partial charge is 0.478 e. The predicted molar refractivity (Wildman–Crippen MR) is 72.1 cm³/mol. The van der Waals surface area contributed by atoms with Crippen LogP contribution in [-0.2, 0) is 14.3 Å². The molecule has 0 radical (unpaired) electrons. The average molecular weight is 270 g/mol. The quantitative estimate of drug-likeness (QED) is 0.770. The van der Waals surface area contributed by atoms with E-state index in [1.54, 1.807) is 13.0 Å². The van der Waals surface area contributed by atoms with Crippen LogP contribution in [0.25, 0.3) is 0 Å². The van der Waals surface area contributed by atoms with E-state index in [0.717, 1.165) is 25.9 Å². The molecule has 2 N–H and O–H groups in total. The van der Waals surface area contributed by atoms with Crippen LogP contribution in [0.15, 0.2) is 23.8 Å². The van der Waals surface area contributed by atoms with Crippen molar-refractivity contribution in [3.8, 4) is 0 Å². The fourth-order valence-electron chi connectivity index (χ4n) is 1.59. The number of carbonyl (C=O) groups is 2. The van der Waals surface area contributed by atoms with Gasteiger partial charge in [0, 0.05) is 17.8 Å². The summed E-state index contributed by atoms with van der Waals surface area (Å²) in [6.45, 7) is 8.88. The van der Waals surface area contributed by atoms with Crippen LogP contribution in [0.3, 0.4) is 0 Å². The van der Waals surface area contributed by atoms with Gasteiger partial charge in [-0.3, -0.25) is 0 Å². The van der Waals surface area contributed by atoms with Crippen LogP contribution in [-0.4, -0.2) is 34.4 Å². The number of hydrogen-bond acceptors (Lipinski definition) is 3. The minimum atomic E-state index is -0.935. The summed E-state index contributed by atoms with van der Waals surface area (Å²) < 4.78 is 5.55. The summed E-state index contributed by atoms with van der Waals surface area (Å²) in [6, 6.07) is 0. The predicted octanol–water partition coefficient (Wildman–Crippen LogP) is 2.62. The minimum absolute atomic E-state index is 0.176. The van der Waals surface area contributed by atoms with Crippen molar-refractivity contribution >= 4 is 11.9 Å². The molecule has 19 heavy (non-hydrogen) atoms. The second-order valence-corrected chi connectivity index (χ2v) is 4.84. The maximum atomic E-state index is 10.6. The monoisotopic (exact) mass is 270 g/mol. The Morgan fingerprint density at radius 2 is 1.74 bits per heavy atom. The number of carboxylic acid groups (broad SMARTS) is 2. The molecule has 5 nitrogen and oxygen atoms in total. The van der Waals surface area contributed by atoms with Crippen LogP contribution in [0.4, 0.5) is 0 Å². The molecule has 1 heterocycles. The van der Waals surface area contributed by atoms with Gasteiger partial charge in [0.05, 0.1) is 5.60 Å². The highest BCUT2D eigenvalue weighted by atomic mass is 16.5. The second kappa shape index (κ2) is 7.74. The first-order valence-electron chi connectivity index (χ1n) is 6.13. The van der Waals surface area contributed by atoms with Gasteiger partial charge >= 0.3 is 11.9 Å². The van der Waals surface area contributed by atoms with E-state index in [4.69, 9.17) is 14.9 Å². The fraction of sp³-hybridized carbons (Fsp3) is 0.571. The summed E-state index contributed by atoms with van der Waals surface area (Å²) in [4.78, 5) is 20.2. The maximum absolute atomic E-state index is 10.6. The molecule has 1 saturated heterocycles. The lowest BCUT2D eigenvalue weighted by atomic mass is 9.94. The van der Waals surface area contributed by atoms with Crippen LogP contribution in [0, 0.1) is 0 Å². The number of rotatable bonds is 3. The molecule has 0 amide bonds. The molecule has 0 aromatic rings. The Kier molecular flexibility index (Phi) is 7.08. The molecule has 0 bridgehead atoms. The third-order valence-electron chi connectivity index (χ3n) is 2.72. The third-order valence-corrected chi connectivity index (χ3v) is 2.72. The van der Waals surface area contributed by atoms with Gasteiger partial charge in [0.2, 0.25) is 0 Å². The molecule has 0 spiro atoms. The molecule has 0 saturated carbocycles. The summed E-state index contributed by atoms with van der Waals surface area (Å²) in [5, 5.41) is 16.6. The van der Waals surface area contributed by atoms with Gasteiger partial charge in [-0.1, -0.05) is 6.58 Å². The van der Waals surface area contributed by atoms with Gasteiger partial charge in [-0.2, -0.15) is 0 Å². The summed E-state index contributed by atoms with van der Waals surface area (Å²) >= 11 is 0. The van der Waals surface area contributed by atoms with Crippen LogP contribution >= 0.6 is 0 Å². The van der Waals surface area contributed by atoms with Gasteiger partial charge in [-0.05, 0) is 46.1 Å². The van der Waals surface area contributed by atoms with Crippen molar-refractivity contribution in [3.05, 3.63) is 23.8 Å². The Bertz CT molecular complexity index is 363. The Morgan fingerprint density at radius 1 is 1.21 bits per heavy atom. The minimum Gasteiger partial charge on any atom is -0.478 e. The highest BCUT2D eigenvalue weighted by molar-refractivity contribution is 5.86. The average Bonchev–Trinajstić information content (AvgIpc) is 2.29. The van der Waals surface area contributed by atoms with Gasteiger partial charge in [0.15, 0.2) is 0 Å². The molecule has 0 aliphatic carbocycles. The summed E-state index contributed by atoms with van der Waals surface area (Å²) in [6.07, 6.45) is 4.82. The lowest BCUT2D eigenvalue weighted by Crippen LogP contribution is -2.31. The SMILES string of the molecule is C=C(C)C(=O)O.CC(=CC1(C)CCCCO1)C(=O)O. The van der Waals surface area contributed by atoms with Crippen molar-refractivity contribution in [3.63, 3.8) is 0 Å². The van der Waals surface area contributed by atoms with Crippen molar-refractivity contribution in [2.24, 2.45) is 0 Å². The topological polar surface area (TPSA) is 83.8 Å². The van der Waals surface area contributed by atoms with Crippen LogP contribution in [0.2, 0.25) is 0 Å². The Hall–Kier alpha value is -1.62. The molecule has 0 aromatic carbocycles. The molecule has 108 valence electrons. The van der Waals surface area contributed by atoms with E-state index in [1.165, 1.54) is 6.92 Å². The Balaban J connectivity index is 0.000000459. The lowest BCUT2D eigenvalue weighted by Gasteiger charge is -2.31. The molecule has 1 aliphatic rings. The summed E-state index contributed by atoms with van der Waals surface area (Å²) in [7, 11) is 0. The molecular formula is C14H22O5. The van der Waals surface area contributed by atoms with E-state index in [9.17, 15) is 9.59 Å². The number of hydrogen-bond donors (Lipinski definition) is 2. The Morgan fingerprint density at radius 3 is 2.05 bits per heavy atom. The summed E-state index contributed by atoms with van der Waals surface area (Å²) in [5.74, 6) is -1.80. The van der Waals surface area contributed by atoms with Crippen LogP contribution in [0.1, 0.15) is 40.0 Å². The molecule has 1 aliphatic heterocycles. The number of carboxylic acids is 2. The van der Waals surface area contributed by atoms with Crippen LogP contribution < -0.4 is 0 Å². The normalized spacial score (nSPS) is 23.0. The van der Waals surface area contributed by atoms with Crippen molar-refractivity contribution < 1.29 is 24.5 Å². The molecule has 0 aromatic heterocycles. The van der Waals surface area contributed by atoms with Crippen LogP contribution in [0.5, 0.6) is 0 Å². The van der Waals surface area contributed by atoms with E-state index in [2.05, 4.69) is 6.58 Å². The summed E-state index contributed by atoms with van der Waals surface area (Å²) in [5.41, 5.74) is 0.181. The highest BCUT2D eigenvalue weighted by Crippen LogP contribution is 2.26. The van der Waals surface area contributed by atoms with E-state index >= 15 is 0 Å². The fourth-order valence-corrected chi connectivity index (χ4v) is 1.59. The van der Waals surface area contributed by atoms with Crippen molar-refractivity contribution in [1.82, 2.24) is 0 Å². The van der Waals surface area contributed by atoms with Gasteiger partial charge in [-0.25, -0.2) is 9.59 Å². The zero-order valence-corrected chi connectivity index (χ0v) is 11.7. The maximum Gasteiger partial charge on any atom is 0.331 e. The smallest absolute Gasteiger partial charge is 0.331 e. The molecule has 5 heteroatoms. The molecule has 1 unspecified atom stereocenters. The second-order valence-electron chi connectivity index (χ2n) is 4.84. The zero-order chi connectivity index (χ0) is 15.1. The van der Waals surface area contributed by atoms with Gasteiger partial charge in [0.25, 0.3) is 0 Å². The van der Waals surface area contributed by atoms with Gasteiger partial charge in [0.1, 0.15) is 0 Å². The molecule has 1 fully saturated rings. The van der Waals surface area contributed by atoms with Gasteiger partial charge < -0.3 is 14.9 Å². The van der Waals surface area contributed by atoms with E-state index < -0.39 is 11.9 Å². The third kappa shape index (κ3) is 7.41. The Labute approximate surface area is 113 Å². The number of ether oxygens (including phenoxy) is 1. The molecule has 1 atom stereocenters.